The predicted octanol–water partition coefficient (Wildman–Crippen LogP) is 1.37. The number of ketones is 1. The Bertz CT molecular complexity index is 624. The molecular weight excluding hydrogens is 244 g/mol. The van der Waals surface area contributed by atoms with Gasteiger partial charge in [-0.3, -0.25) is 4.79 Å². The fourth-order valence-electron chi connectivity index (χ4n) is 1.74. The number of rotatable bonds is 4. The molecule has 0 saturated carbocycles. The molecule has 0 aliphatic rings. The van der Waals surface area contributed by atoms with Crippen LogP contribution in [-0.2, 0) is 6.54 Å². The van der Waals surface area contributed by atoms with Crippen LogP contribution in [0.3, 0.4) is 0 Å². The fourth-order valence-corrected chi connectivity index (χ4v) is 1.74. The van der Waals surface area contributed by atoms with E-state index in [0.717, 1.165) is 0 Å². The SMILES string of the molecule is O=C(C[n+]1ccccc1C=NO)c1cccc(O)c1. The van der Waals surface area contributed by atoms with E-state index >= 15 is 0 Å². The summed E-state index contributed by atoms with van der Waals surface area (Å²) < 4.78 is 1.66. The van der Waals surface area contributed by atoms with Gasteiger partial charge in [0.15, 0.2) is 6.20 Å². The van der Waals surface area contributed by atoms with Crippen molar-refractivity contribution in [1.82, 2.24) is 0 Å². The molecule has 0 radical (unpaired) electrons. The molecule has 0 aliphatic carbocycles. The Morgan fingerprint density at radius 1 is 1.26 bits per heavy atom. The van der Waals surface area contributed by atoms with Crippen LogP contribution in [0.1, 0.15) is 16.1 Å². The van der Waals surface area contributed by atoms with Gasteiger partial charge in [0.05, 0.1) is 0 Å². The average Bonchev–Trinajstić information content (AvgIpc) is 2.41. The van der Waals surface area contributed by atoms with E-state index in [1.54, 1.807) is 41.1 Å². The zero-order chi connectivity index (χ0) is 13.7. The number of aromatic hydroxyl groups is 1. The summed E-state index contributed by atoms with van der Waals surface area (Å²) in [4.78, 5) is 12.1. The minimum absolute atomic E-state index is 0.0565. The number of phenols is 1. The van der Waals surface area contributed by atoms with E-state index in [0.29, 0.717) is 11.3 Å². The summed E-state index contributed by atoms with van der Waals surface area (Å²) in [6, 6.07) is 11.5. The molecule has 1 heterocycles. The van der Waals surface area contributed by atoms with Gasteiger partial charge in [0, 0.05) is 17.7 Å². The molecule has 0 atom stereocenters. The van der Waals surface area contributed by atoms with Crippen molar-refractivity contribution in [1.29, 1.82) is 0 Å². The van der Waals surface area contributed by atoms with Crippen molar-refractivity contribution >= 4 is 12.0 Å². The van der Waals surface area contributed by atoms with Crippen LogP contribution in [0.5, 0.6) is 5.75 Å². The van der Waals surface area contributed by atoms with Gasteiger partial charge in [-0.05, 0) is 18.2 Å². The number of aromatic nitrogens is 1. The highest BCUT2D eigenvalue weighted by molar-refractivity contribution is 5.95. The fraction of sp³-hybridized carbons (Fsp3) is 0.0714. The first-order valence-corrected chi connectivity index (χ1v) is 5.69. The minimum atomic E-state index is -0.139. The third-order valence-corrected chi connectivity index (χ3v) is 2.65. The second-order valence-electron chi connectivity index (χ2n) is 3.97. The van der Waals surface area contributed by atoms with Crippen LogP contribution in [0, 0.1) is 0 Å². The molecule has 0 saturated heterocycles. The van der Waals surface area contributed by atoms with E-state index < -0.39 is 0 Å². The van der Waals surface area contributed by atoms with Gasteiger partial charge in [-0.25, -0.2) is 0 Å². The maximum Gasteiger partial charge on any atom is 0.227 e. The number of hydrogen-bond donors (Lipinski definition) is 2. The second-order valence-corrected chi connectivity index (χ2v) is 3.97. The Morgan fingerprint density at radius 2 is 2.11 bits per heavy atom. The number of oxime groups is 1. The van der Waals surface area contributed by atoms with E-state index in [-0.39, 0.29) is 18.1 Å². The van der Waals surface area contributed by atoms with Crippen molar-refractivity contribution in [3.8, 4) is 5.75 Å². The van der Waals surface area contributed by atoms with E-state index in [9.17, 15) is 9.90 Å². The Hall–Kier alpha value is -2.69. The van der Waals surface area contributed by atoms with Crippen LogP contribution < -0.4 is 4.57 Å². The number of Topliss-reactive ketones (excluding diaryl/α,β-unsaturated/α-hetero) is 1. The molecule has 2 rings (SSSR count). The van der Waals surface area contributed by atoms with Crippen LogP contribution >= 0.6 is 0 Å². The lowest BCUT2D eigenvalue weighted by molar-refractivity contribution is -0.684. The monoisotopic (exact) mass is 257 g/mol. The molecule has 2 aromatic rings. The van der Waals surface area contributed by atoms with Gasteiger partial charge < -0.3 is 10.3 Å². The third-order valence-electron chi connectivity index (χ3n) is 2.65. The molecule has 19 heavy (non-hydrogen) atoms. The van der Waals surface area contributed by atoms with Crippen LogP contribution in [0.15, 0.2) is 53.8 Å². The summed E-state index contributed by atoms with van der Waals surface area (Å²) >= 11 is 0. The topological polar surface area (TPSA) is 73.8 Å². The van der Waals surface area contributed by atoms with Gasteiger partial charge in [0.1, 0.15) is 12.0 Å². The molecule has 0 spiro atoms. The first-order chi connectivity index (χ1) is 9.20. The van der Waals surface area contributed by atoms with Gasteiger partial charge in [-0.2, -0.15) is 4.57 Å². The summed E-state index contributed by atoms with van der Waals surface area (Å²) in [7, 11) is 0. The van der Waals surface area contributed by atoms with Gasteiger partial charge >= 0.3 is 0 Å². The summed E-state index contributed by atoms with van der Waals surface area (Å²) in [6.45, 7) is 0.103. The summed E-state index contributed by atoms with van der Waals surface area (Å²) in [5.41, 5.74) is 1.04. The molecule has 0 fully saturated rings. The number of benzene rings is 1. The first-order valence-electron chi connectivity index (χ1n) is 5.69. The first kappa shape index (κ1) is 12.8. The molecule has 0 aliphatic heterocycles. The van der Waals surface area contributed by atoms with E-state index in [2.05, 4.69) is 5.16 Å². The number of pyridine rings is 1. The van der Waals surface area contributed by atoms with E-state index in [1.165, 1.54) is 18.3 Å². The average molecular weight is 257 g/mol. The molecule has 1 aromatic heterocycles. The molecule has 96 valence electrons. The predicted molar refractivity (Wildman–Crippen MR) is 68.5 cm³/mol. The third kappa shape index (κ3) is 3.16. The highest BCUT2D eigenvalue weighted by atomic mass is 16.4. The second kappa shape index (κ2) is 5.77. The van der Waals surface area contributed by atoms with Crippen molar-refractivity contribution in [3.63, 3.8) is 0 Å². The van der Waals surface area contributed by atoms with Crippen LogP contribution in [0.25, 0.3) is 0 Å². The Morgan fingerprint density at radius 3 is 2.84 bits per heavy atom. The molecule has 2 N–H and O–H groups in total. The lowest BCUT2D eigenvalue weighted by Gasteiger charge is -2.01. The Balaban J connectivity index is 2.24. The van der Waals surface area contributed by atoms with Crippen molar-refractivity contribution < 1.29 is 19.7 Å². The number of nitrogens with zero attached hydrogens (tertiary/aromatic N) is 2. The highest BCUT2D eigenvalue weighted by Gasteiger charge is 2.15. The van der Waals surface area contributed by atoms with E-state index in [4.69, 9.17) is 5.21 Å². The van der Waals surface area contributed by atoms with Crippen LogP contribution in [-0.4, -0.2) is 22.3 Å². The standard InChI is InChI=1S/C14H12N2O3/c17-13-6-3-4-11(8-13)14(18)10-16-7-2-1-5-12(16)9-15-19/h1-9,17H,10H2/p+1. The largest absolute Gasteiger partial charge is 0.508 e. The number of carbonyl (C=O) groups is 1. The maximum absolute atomic E-state index is 12.1. The molecule has 0 unspecified atom stereocenters. The quantitative estimate of drug-likeness (QED) is 0.285. The summed E-state index contributed by atoms with van der Waals surface area (Å²) in [5, 5.41) is 20.9. The lowest BCUT2D eigenvalue weighted by Crippen LogP contribution is -2.41. The maximum atomic E-state index is 12.1. The molecule has 5 heteroatoms. The lowest BCUT2D eigenvalue weighted by atomic mass is 10.1. The molecule has 1 aromatic carbocycles. The van der Waals surface area contributed by atoms with Gasteiger partial charge in [-0.15, -0.1) is 0 Å². The van der Waals surface area contributed by atoms with Crippen LogP contribution in [0.4, 0.5) is 0 Å². The molecule has 0 amide bonds. The number of carbonyl (C=O) groups excluding carboxylic acids is 1. The van der Waals surface area contributed by atoms with E-state index in [1.807, 2.05) is 0 Å². The number of phenolic OH excluding ortho intramolecular Hbond substituents is 1. The highest BCUT2D eigenvalue weighted by Crippen LogP contribution is 2.11. The Labute approximate surface area is 110 Å². The van der Waals surface area contributed by atoms with Gasteiger partial charge in [0.2, 0.25) is 18.0 Å². The van der Waals surface area contributed by atoms with Crippen molar-refractivity contribution in [2.45, 2.75) is 6.54 Å². The van der Waals surface area contributed by atoms with Gasteiger partial charge in [-0.1, -0.05) is 17.3 Å². The van der Waals surface area contributed by atoms with Gasteiger partial charge in [0.25, 0.3) is 0 Å². The van der Waals surface area contributed by atoms with Crippen LogP contribution in [0.2, 0.25) is 0 Å². The Kier molecular flexibility index (Phi) is 3.87. The zero-order valence-electron chi connectivity index (χ0n) is 10.1. The molecular formula is C14H13N2O3+. The van der Waals surface area contributed by atoms with Crippen molar-refractivity contribution in [2.24, 2.45) is 5.16 Å². The number of hydrogen-bond acceptors (Lipinski definition) is 4. The summed E-state index contributed by atoms with van der Waals surface area (Å²) in [6.07, 6.45) is 2.98. The summed E-state index contributed by atoms with van der Waals surface area (Å²) in [5.74, 6) is -0.0826. The van der Waals surface area contributed by atoms with Crippen molar-refractivity contribution in [2.75, 3.05) is 0 Å². The molecule has 5 nitrogen and oxygen atoms in total. The zero-order valence-corrected chi connectivity index (χ0v) is 10.1. The molecule has 0 bridgehead atoms. The van der Waals surface area contributed by atoms with Crippen molar-refractivity contribution in [3.05, 3.63) is 59.9 Å². The smallest absolute Gasteiger partial charge is 0.227 e. The normalized spacial score (nSPS) is 10.7. The minimum Gasteiger partial charge on any atom is -0.508 e.